The van der Waals surface area contributed by atoms with Crippen LogP contribution >= 0.6 is 0 Å². The summed E-state index contributed by atoms with van der Waals surface area (Å²) in [7, 11) is 7.39. The second-order valence-electron chi connectivity index (χ2n) is 13.3. The zero-order valence-corrected chi connectivity index (χ0v) is 32.0. The molecular formula is C40H39N15O3. The molecule has 0 aliphatic rings. The van der Waals surface area contributed by atoms with Crippen molar-refractivity contribution < 1.29 is 14.7 Å². The molecule has 0 atom stereocenters. The summed E-state index contributed by atoms with van der Waals surface area (Å²) in [6, 6.07) is 15.7. The molecule has 0 bridgehead atoms. The van der Waals surface area contributed by atoms with Gasteiger partial charge in [-0.3, -0.25) is 28.3 Å². The van der Waals surface area contributed by atoms with Crippen LogP contribution in [0, 0.1) is 0 Å². The van der Waals surface area contributed by atoms with Gasteiger partial charge in [0.25, 0.3) is 0 Å². The predicted molar refractivity (Wildman–Crippen MR) is 218 cm³/mol. The maximum Gasteiger partial charge on any atom is 0.322 e. The molecule has 1 amide bonds. The molecule has 58 heavy (non-hydrogen) atoms. The first-order valence-electron chi connectivity index (χ1n) is 17.9. The molecule has 0 saturated heterocycles. The Morgan fingerprint density at radius 3 is 1.29 bits per heavy atom. The summed E-state index contributed by atoms with van der Waals surface area (Å²) in [6.45, 7) is -0.279. The minimum Gasteiger partial charge on any atom is -0.480 e. The van der Waals surface area contributed by atoms with Gasteiger partial charge in [0.15, 0.2) is 11.6 Å². The SMILES string of the molecule is Cn1cc(-c2cccc(-c3ncc(-c4cnn(C)c4)c(NCC(=O)O)n3)c2)cn1.Cn1cc(-c2cccc(-c3ncc(-c4cnn(C)c4)c(NCC(N)=O)n3)c2)cn1. The smallest absolute Gasteiger partial charge is 0.322 e. The third-order valence-electron chi connectivity index (χ3n) is 8.76. The number of amides is 1. The minimum atomic E-state index is -0.971. The number of aryl methyl sites for hydroxylation is 4. The van der Waals surface area contributed by atoms with Crippen molar-refractivity contribution >= 4 is 23.5 Å². The molecule has 2 aromatic carbocycles. The van der Waals surface area contributed by atoms with Crippen LogP contribution in [0.1, 0.15) is 0 Å². The van der Waals surface area contributed by atoms with Gasteiger partial charge in [-0.15, -0.1) is 0 Å². The summed E-state index contributed by atoms with van der Waals surface area (Å²) in [5.41, 5.74) is 14.1. The summed E-state index contributed by atoms with van der Waals surface area (Å²) in [5, 5.41) is 31.7. The number of primary amides is 1. The molecule has 0 aliphatic carbocycles. The molecule has 8 aromatic rings. The first kappa shape index (κ1) is 38.3. The molecule has 0 saturated carbocycles. The predicted octanol–water partition coefficient (Wildman–Crippen LogP) is 4.28. The van der Waals surface area contributed by atoms with Crippen molar-refractivity contribution in [2.75, 3.05) is 23.7 Å². The molecular weight excluding hydrogens is 739 g/mol. The van der Waals surface area contributed by atoms with Crippen molar-refractivity contribution in [1.82, 2.24) is 59.1 Å². The second-order valence-corrected chi connectivity index (χ2v) is 13.3. The van der Waals surface area contributed by atoms with Gasteiger partial charge in [0.05, 0.1) is 31.3 Å². The Balaban J connectivity index is 0.000000177. The number of aromatic nitrogens is 12. The number of nitrogens with one attached hydrogen (secondary N) is 2. The first-order valence-corrected chi connectivity index (χ1v) is 17.9. The molecule has 18 nitrogen and oxygen atoms in total. The van der Waals surface area contributed by atoms with Gasteiger partial charge < -0.3 is 21.5 Å². The van der Waals surface area contributed by atoms with Crippen molar-refractivity contribution in [3.63, 3.8) is 0 Å². The molecule has 6 heterocycles. The number of carboxylic acids is 1. The van der Waals surface area contributed by atoms with Crippen LogP contribution in [-0.2, 0) is 37.8 Å². The van der Waals surface area contributed by atoms with Gasteiger partial charge in [-0.25, -0.2) is 19.9 Å². The number of nitrogens with two attached hydrogens (primary N) is 1. The van der Waals surface area contributed by atoms with Gasteiger partial charge in [-0.1, -0.05) is 36.4 Å². The van der Waals surface area contributed by atoms with E-state index < -0.39 is 11.9 Å². The molecule has 8 rings (SSSR count). The quantitative estimate of drug-likeness (QED) is 0.136. The van der Waals surface area contributed by atoms with Crippen molar-refractivity contribution in [1.29, 1.82) is 0 Å². The number of hydrogen-bond donors (Lipinski definition) is 4. The lowest BCUT2D eigenvalue weighted by Gasteiger charge is -2.11. The summed E-state index contributed by atoms with van der Waals surface area (Å²) < 4.78 is 6.86. The van der Waals surface area contributed by atoms with E-state index in [0.29, 0.717) is 28.8 Å². The number of carbonyl (C=O) groups is 2. The van der Waals surface area contributed by atoms with E-state index in [9.17, 15) is 9.59 Å². The lowest BCUT2D eigenvalue weighted by molar-refractivity contribution is -0.135. The van der Waals surface area contributed by atoms with Crippen LogP contribution in [0.3, 0.4) is 0 Å². The third-order valence-corrected chi connectivity index (χ3v) is 8.76. The third kappa shape index (κ3) is 9.08. The second kappa shape index (κ2) is 16.8. The Labute approximate surface area is 332 Å². The van der Waals surface area contributed by atoms with Crippen LogP contribution in [0.4, 0.5) is 11.6 Å². The highest BCUT2D eigenvalue weighted by atomic mass is 16.4. The largest absolute Gasteiger partial charge is 0.480 e. The Morgan fingerprint density at radius 1 is 0.552 bits per heavy atom. The maximum atomic E-state index is 11.3. The standard InChI is InChI=1S/C20H20N8O.C20H19N7O2/c1-27-11-15(7-24-27)13-4-3-5-14(6-13)19-22-9-17(16-8-25-28(2)12-16)20(26-19)23-10-18(21)29;1-26-11-15(7-23-26)13-4-3-5-14(6-13)19-21-9-17(16-8-24-27(2)12-16)20(25-19)22-10-18(28)29/h3-9,11-12H,10H2,1-2H3,(H2,21,29)(H,22,23,26);3-9,11-12H,10H2,1-2H3,(H,28,29)(H,21,22,25). The fourth-order valence-corrected chi connectivity index (χ4v) is 6.00. The van der Waals surface area contributed by atoms with E-state index in [1.54, 1.807) is 49.7 Å². The number of aliphatic carboxylic acids is 1. The van der Waals surface area contributed by atoms with Crippen LogP contribution in [0.5, 0.6) is 0 Å². The van der Waals surface area contributed by atoms with Gasteiger partial charge in [0, 0.05) is 110 Å². The molecule has 0 unspecified atom stereocenters. The van der Waals surface area contributed by atoms with Crippen LogP contribution in [0.25, 0.3) is 67.3 Å². The fraction of sp³-hybridized carbons (Fsp3) is 0.150. The highest BCUT2D eigenvalue weighted by Crippen LogP contribution is 2.31. The average Bonchev–Trinajstić information content (AvgIpc) is 4.06. The number of anilines is 2. The Hall–Kier alpha value is -8.02. The van der Waals surface area contributed by atoms with E-state index in [-0.39, 0.29) is 13.1 Å². The molecule has 18 heteroatoms. The van der Waals surface area contributed by atoms with Gasteiger partial charge in [-0.05, 0) is 23.3 Å². The lowest BCUT2D eigenvalue weighted by Crippen LogP contribution is -2.22. The van der Waals surface area contributed by atoms with E-state index in [0.717, 1.165) is 50.1 Å². The Bertz CT molecular complexity index is 2540. The van der Waals surface area contributed by atoms with Gasteiger partial charge in [0.1, 0.15) is 18.2 Å². The average molecular weight is 778 g/mol. The number of nitrogens with zero attached hydrogens (tertiary/aromatic N) is 12. The Morgan fingerprint density at radius 2 is 0.931 bits per heavy atom. The fourth-order valence-electron chi connectivity index (χ4n) is 6.00. The maximum absolute atomic E-state index is 11.3. The van der Waals surface area contributed by atoms with Gasteiger partial charge in [0.2, 0.25) is 5.91 Å². The van der Waals surface area contributed by atoms with Crippen molar-refractivity contribution in [3.8, 4) is 67.3 Å². The van der Waals surface area contributed by atoms with E-state index in [2.05, 4.69) is 51.0 Å². The van der Waals surface area contributed by atoms with Gasteiger partial charge >= 0.3 is 5.97 Å². The molecule has 292 valence electrons. The molecule has 5 N–H and O–H groups in total. The van der Waals surface area contributed by atoms with Crippen LogP contribution in [0.2, 0.25) is 0 Å². The highest BCUT2D eigenvalue weighted by molar-refractivity contribution is 5.83. The monoisotopic (exact) mass is 777 g/mol. The van der Waals surface area contributed by atoms with E-state index in [1.807, 2.05) is 108 Å². The Kier molecular flexibility index (Phi) is 11.1. The highest BCUT2D eigenvalue weighted by Gasteiger charge is 2.16. The normalized spacial score (nSPS) is 10.8. The first-order chi connectivity index (χ1) is 28.0. The summed E-state index contributed by atoms with van der Waals surface area (Å²) in [6.07, 6.45) is 18.0. The van der Waals surface area contributed by atoms with Crippen molar-refractivity contribution in [2.45, 2.75) is 0 Å². The van der Waals surface area contributed by atoms with Gasteiger partial charge in [-0.2, -0.15) is 20.4 Å². The topological polar surface area (TPSA) is 227 Å². The minimum absolute atomic E-state index is 0.0283. The van der Waals surface area contributed by atoms with E-state index in [1.165, 1.54) is 0 Å². The van der Waals surface area contributed by atoms with Crippen molar-refractivity contribution in [3.05, 3.63) is 110 Å². The number of rotatable bonds is 12. The molecule has 0 spiro atoms. The summed E-state index contributed by atoms with van der Waals surface area (Å²) in [4.78, 5) is 40.6. The number of hydrogen-bond acceptors (Lipinski definition) is 12. The van der Waals surface area contributed by atoms with Crippen LogP contribution < -0.4 is 16.4 Å². The lowest BCUT2D eigenvalue weighted by atomic mass is 10.1. The zero-order valence-electron chi connectivity index (χ0n) is 32.0. The summed E-state index contributed by atoms with van der Waals surface area (Å²) in [5.74, 6) is 0.555. The molecule has 0 aliphatic heterocycles. The number of carboxylic acid groups (broad SMARTS) is 1. The van der Waals surface area contributed by atoms with Crippen molar-refractivity contribution in [2.24, 2.45) is 33.9 Å². The van der Waals surface area contributed by atoms with E-state index >= 15 is 0 Å². The molecule has 0 fully saturated rings. The van der Waals surface area contributed by atoms with Crippen LogP contribution in [0.15, 0.2) is 110 Å². The number of benzene rings is 2. The number of carbonyl (C=O) groups excluding carboxylic acids is 1. The molecule has 0 radical (unpaired) electrons. The van der Waals surface area contributed by atoms with E-state index in [4.69, 9.17) is 10.8 Å². The van der Waals surface area contributed by atoms with Crippen LogP contribution in [-0.4, -0.2) is 89.1 Å². The summed E-state index contributed by atoms with van der Waals surface area (Å²) >= 11 is 0. The zero-order chi connectivity index (χ0) is 40.8. The molecule has 6 aromatic heterocycles.